The zero-order valence-corrected chi connectivity index (χ0v) is 7.54. The number of benzene rings is 1. The van der Waals surface area contributed by atoms with Crippen LogP contribution in [0.4, 0.5) is 0 Å². The predicted molar refractivity (Wildman–Crippen MR) is 50.6 cm³/mol. The average Bonchev–Trinajstić information content (AvgIpc) is 2.67. The molecule has 0 aliphatic heterocycles. The van der Waals surface area contributed by atoms with E-state index < -0.39 is 5.97 Å². The fraction of sp³-hybridized carbons (Fsp3) is 0. The third-order valence-electron chi connectivity index (χ3n) is 1.95. The summed E-state index contributed by atoms with van der Waals surface area (Å²) in [5, 5.41) is 21.7. The van der Waals surface area contributed by atoms with E-state index in [1.165, 1.54) is 6.07 Å². The number of nitrogens with zero attached hydrogens (tertiary/aromatic N) is 1. The summed E-state index contributed by atoms with van der Waals surface area (Å²) in [6.45, 7) is 0. The van der Waals surface area contributed by atoms with Gasteiger partial charge in [0.2, 0.25) is 0 Å². The Bertz CT molecular complexity index is 504. The number of aromatic carboxylic acids is 1. The number of rotatable bonds is 2. The quantitative estimate of drug-likeness (QED) is 0.780. The summed E-state index contributed by atoms with van der Waals surface area (Å²) in [5.74, 6) is -1.13. The Morgan fingerprint density at radius 1 is 1.33 bits per heavy atom. The van der Waals surface area contributed by atoms with Crippen molar-refractivity contribution in [3.8, 4) is 17.1 Å². The Labute approximate surface area is 84.6 Å². The van der Waals surface area contributed by atoms with Crippen LogP contribution < -0.4 is 0 Å². The number of hydrogen-bond donors (Lipinski definition) is 2. The molecule has 1 heterocycles. The van der Waals surface area contributed by atoms with Crippen molar-refractivity contribution in [2.45, 2.75) is 0 Å². The van der Waals surface area contributed by atoms with Gasteiger partial charge in [-0.3, -0.25) is 0 Å². The number of aromatic hydroxyl groups is 1. The van der Waals surface area contributed by atoms with Crippen molar-refractivity contribution in [1.29, 1.82) is 0 Å². The van der Waals surface area contributed by atoms with E-state index in [1.54, 1.807) is 18.2 Å². The standard InChI is InChI=1S/C10H7NO4/c12-8-4-2-1-3-6(8)9-7(10(13)14)5-11-15-9/h1-5,12H,(H,13,14). The lowest BCUT2D eigenvalue weighted by atomic mass is 10.1. The van der Waals surface area contributed by atoms with Crippen LogP contribution in [0, 0.1) is 0 Å². The Hall–Kier alpha value is -2.30. The summed E-state index contributed by atoms with van der Waals surface area (Å²) in [4.78, 5) is 10.8. The molecule has 5 heteroatoms. The largest absolute Gasteiger partial charge is 0.507 e. The Morgan fingerprint density at radius 2 is 2.07 bits per heavy atom. The Morgan fingerprint density at radius 3 is 2.73 bits per heavy atom. The van der Waals surface area contributed by atoms with E-state index in [9.17, 15) is 9.90 Å². The van der Waals surface area contributed by atoms with Crippen molar-refractivity contribution >= 4 is 5.97 Å². The number of carboxylic acid groups (broad SMARTS) is 1. The molecule has 1 aromatic heterocycles. The maximum atomic E-state index is 10.8. The molecule has 0 atom stereocenters. The SMILES string of the molecule is O=C(O)c1cnoc1-c1ccccc1O. The van der Waals surface area contributed by atoms with Gasteiger partial charge in [-0.2, -0.15) is 0 Å². The van der Waals surface area contributed by atoms with Crippen LogP contribution in [0.1, 0.15) is 10.4 Å². The third kappa shape index (κ3) is 1.54. The van der Waals surface area contributed by atoms with Gasteiger partial charge in [-0.05, 0) is 12.1 Å². The fourth-order valence-corrected chi connectivity index (χ4v) is 1.25. The molecule has 0 saturated heterocycles. The van der Waals surface area contributed by atoms with Crippen LogP contribution in [0.15, 0.2) is 35.0 Å². The Balaban J connectivity index is 2.59. The van der Waals surface area contributed by atoms with Crippen LogP contribution in [0.25, 0.3) is 11.3 Å². The number of phenolic OH excluding ortho intramolecular Hbond substituents is 1. The summed E-state index contributed by atoms with van der Waals surface area (Å²) < 4.78 is 4.80. The van der Waals surface area contributed by atoms with Gasteiger partial charge in [-0.25, -0.2) is 4.79 Å². The number of carbonyl (C=O) groups is 1. The maximum Gasteiger partial charge on any atom is 0.341 e. The molecule has 0 aliphatic carbocycles. The zero-order chi connectivity index (χ0) is 10.8. The lowest BCUT2D eigenvalue weighted by molar-refractivity contribution is 0.0697. The molecule has 5 nitrogen and oxygen atoms in total. The normalized spacial score (nSPS) is 10.1. The monoisotopic (exact) mass is 205 g/mol. The first kappa shape index (κ1) is 9.26. The lowest BCUT2D eigenvalue weighted by Crippen LogP contribution is -1.95. The van der Waals surface area contributed by atoms with Crippen molar-refractivity contribution in [2.24, 2.45) is 0 Å². The molecule has 0 saturated carbocycles. The molecule has 2 rings (SSSR count). The van der Waals surface area contributed by atoms with E-state index in [4.69, 9.17) is 9.63 Å². The summed E-state index contributed by atoms with van der Waals surface area (Å²) in [6, 6.07) is 6.31. The zero-order valence-electron chi connectivity index (χ0n) is 7.54. The van der Waals surface area contributed by atoms with Crippen molar-refractivity contribution in [3.63, 3.8) is 0 Å². The summed E-state index contributed by atoms with van der Waals surface area (Å²) >= 11 is 0. The molecule has 2 N–H and O–H groups in total. The smallest absolute Gasteiger partial charge is 0.341 e. The summed E-state index contributed by atoms with van der Waals surface area (Å²) in [7, 11) is 0. The van der Waals surface area contributed by atoms with Gasteiger partial charge in [-0.1, -0.05) is 17.3 Å². The van der Waals surface area contributed by atoms with Crippen LogP contribution in [0.2, 0.25) is 0 Å². The molecule has 0 bridgehead atoms. The molecular weight excluding hydrogens is 198 g/mol. The second-order valence-corrected chi connectivity index (χ2v) is 2.89. The molecule has 2 aromatic rings. The molecule has 0 fully saturated rings. The molecule has 76 valence electrons. The highest BCUT2D eigenvalue weighted by atomic mass is 16.5. The molecular formula is C10H7NO4. The lowest BCUT2D eigenvalue weighted by Gasteiger charge is -2.00. The highest BCUT2D eigenvalue weighted by molar-refractivity contribution is 5.94. The topological polar surface area (TPSA) is 83.6 Å². The second kappa shape index (κ2) is 3.45. The molecule has 0 spiro atoms. The van der Waals surface area contributed by atoms with Gasteiger partial charge in [-0.15, -0.1) is 0 Å². The molecule has 0 unspecified atom stereocenters. The van der Waals surface area contributed by atoms with Gasteiger partial charge >= 0.3 is 5.97 Å². The highest BCUT2D eigenvalue weighted by Crippen LogP contribution is 2.30. The van der Waals surface area contributed by atoms with E-state index in [0.717, 1.165) is 6.20 Å². The van der Waals surface area contributed by atoms with E-state index in [0.29, 0.717) is 5.56 Å². The van der Waals surface area contributed by atoms with Crippen molar-refractivity contribution in [3.05, 3.63) is 36.0 Å². The van der Waals surface area contributed by atoms with Crippen LogP contribution in [-0.4, -0.2) is 21.3 Å². The molecule has 0 radical (unpaired) electrons. The molecule has 1 aromatic carbocycles. The maximum absolute atomic E-state index is 10.8. The van der Waals surface area contributed by atoms with Crippen molar-refractivity contribution in [1.82, 2.24) is 5.16 Å². The van der Waals surface area contributed by atoms with Gasteiger partial charge < -0.3 is 14.7 Å². The molecule has 0 amide bonds. The number of hydrogen-bond acceptors (Lipinski definition) is 4. The van der Waals surface area contributed by atoms with E-state index in [-0.39, 0.29) is 17.1 Å². The van der Waals surface area contributed by atoms with Gasteiger partial charge in [0.25, 0.3) is 0 Å². The minimum Gasteiger partial charge on any atom is -0.507 e. The first-order valence-corrected chi connectivity index (χ1v) is 4.16. The number of aromatic nitrogens is 1. The summed E-state index contributed by atoms with van der Waals surface area (Å²) in [6.07, 6.45) is 1.10. The Kier molecular flexibility index (Phi) is 2.13. The fourth-order valence-electron chi connectivity index (χ4n) is 1.25. The van der Waals surface area contributed by atoms with Crippen LogP contribution >= 0.6 is 0 Å². The van der Waals surface area contributed by atoms with Crippen LogP contribution in [-0.2, 0) is 0 Å². The van der Waals surface area contributed by atoms with Crippen molar-refractivity contribution in [2.75, 3.05) is 0 Å². The minimum atomic E-state index is -1.14. The predicted octanol–water partition coefficient (Wildman–Crippen LogP) is 1.75. The van der Waals surface area contributed by atoms with E-state index >= 15 is 0 Å². The average molecular weight is 205 g/mol. The first-order valence-electron chi connectivity index (χ1n) is 4.16. The van der Waals surface area contributed by atoms with E-state index in [2.05, 4.69) is 5.16 Å². The first-order chi connectivity index (χ1) is 7.20. The number of para-hydroxylation sites is 1. The van der Waals surface area contributed by atoms with E-state index in [1.807, 2.05) is 0 Å². The van der Waals surface area contributed by atoms with Crippen LogP contribution in [0.5, 0.6) is 5.75 Å². The third-order valence-corrected chi connectivity index (χ3v) is 1.95. The minimum absolute atomic E-state index is 0.0447. The van der Waals surface area contributed by atoms with Crippen LogP contribution in [0.3, 0.4) is 0 Å². The molecule has 15 heavy (non-hydrogen) atoms. The molecule has 0 aliphatic rings. The summed E-state index contributed by atoms with van der Waals surface area (Å²) in [5.41, 5.74) is 0.240. The number of carboxylic acids is 1. The van der Waals surface area contributed by atoms with Gasteiger partial charge in [0.1, 0.15) is 11.3 Å². The number of phenols is 1. The van der Waals surface area contributed by atoms with Gasteiger partial charge in [0.15, 0.2) is 5.76 Å². The van der Waals surface area contributed by atoms with Crippen molar-refractivity contribution < 1.29 is 19.5 Å². The highest BCUT2D eigenvalue weighted by Gasteiger charge is 2.18. The van der Waals surface area contributed by atoms with Gasteiger partial charge in [0.05, 0.1) is 11.8 Å². The second-order valence-electron chi connectivity index (χ2n) is 2.89. The van der Waals surface area contributed by atoms with Gasteiger partial charge in [0, 0.05) is 0 Å².